The van der Waals surface area contributed by atoms with Crippen LogP contribution < -0.4 is 16.0 Å². The Morgan fingerprint density at radius 2 is 1.93 bits per heavy atom. The number of carbonyl (C=O) groups is 1. The maximum Gasteiger partial charge on any atom is 0.257 e. The molecule has 0 bridgehead atoms. The highest BCUT2D eigenvalue weighted by atomic mass is 16.2. The highest BCUT2D eigenvalue weighted by Crippen LogP contribution is 2.34. The molecule has 146 valence electrons. The fourth-order valence-corrected chi connectivity index (χ4v) is 3.55. The number of hydrogen-bond acceptors (Lipinski definition) is 4. The van der Waals surface area contributed by atoms with Crippen LogP contribution in [0.15, 0.2) is 67.0 Å². The van der Waals surface area contributed by atoms with Crippen molar-refractivity contribution in [3.05, 3.63) is 89.4 Å². The van der Waals surface area contributed by atoms with Crippen molar-refractivity contribution >= 4 is 28.5 Å². The van der Waals surface area contributed by atoms with E-state index in [0.717, 1.165) is 52.4 Å². The molecule has 1 aromatic heterocycles. The number of hydrogen-bond donors (Lipinski definition) is 3. The van der Waals surface area contributed by atoms with E-state index in [1.54, 1.807) is 6.20 Å². The molecule has 0 fully saturated rings. The van der Waals surface area contributed by atoms with Gasteiger partial charge in [-0.15, -0.1) is 0 Å². The zero-order valence-electron chi connectivity index (χ0n) is 16.6. The zero-order valence-corrected chi connectivity index (χ0v) is 16.6. The molecule has 1 aliphatic heterocycles. The number of anilines is 3. The van der Waals surface area contributed by atoms with Crippen molar-refractivity contribution in [2.45, 2.75) is 20.3 Å². The van der Waals surface area contributed by atoms with Crippen molar-refractivity contribution in [3.63, 3.8) is 0 Å². The fraction of sp³-hybridized carbons (Fsp3) is 0.167. The number of aromatic nitrogens is 1. The molecule has 0 spiro atoms. The molecule has 4 rings (SSSR count). The summed E-state index contributed by atoms with van der Waals surface area (Å²) in [4.78, 5) is 16.7. The normalized spacial score (nSPS) is 13.9. The minimum Gasteiger partial charge on any atom is -0.384 e. The van der Waals surface area contributed by atoms with Crippen LogP contribution in [0.4, 0.5) is 17.1 Å². The van der Waals surface area contributed by atoms with E-state index in [9.17, 15) is 4.79 Å². The van der Waals surface area contributed by atoms with Crippen molar-refractivity contribution in [2.24, 2.45) is 0 Å². The first kappa shape index (κ1) is 18.7. The van der Waals surface area contributed by atoms with E-state index in [2.05, 4.69) is 40.0 Å². The average molecular weight is 384 g/mol. The molecule has 29 heavy (non-hydrogen) atoms. The largest absolute Gasteiger partial charge is 0.384 e. The van der Waals surface area contributed by atoms with Gasteiger partial charge in [0.05, 0.1) is 5.57 Å². The van der Waals surface area contributed by atoms with E-state index >= 15 is 0 Å². The predicted molar refractivity (Wildman–Crippen MR) is 119 cm³/mol. The third-order valence-electron chi connectivity index (χ3n) is 5.07. The maximum absolute atomic E-state index is 12.3. The van der Waals surface area contributed by atoms with Crippen molar-refractivity contribution < 1.29 is 4.79 Å². The molecular weight excluding hydrogens is 360 g/mol. The van der Waals surface area contributed by atoms with Crippen LogP contribution in [0, 0.1) is 13.8 Å². The fourth-order valence-electron chi connectivity index (χ4n) is 3.55. The first-order valence-electron chi connectivity index (χ1n) is 9.74. The monoisotopic (exact) mass is 384 g/mol. The Balaban J connectivity index is 1.43. The van der Waals surface area contributed by atoms with Gasteiger partial charge >= 0.3 is 0 Å². The summed E-state index contributed by atoms with van der Waals surface area (Å²) >= 11 is 0. The average Bonchev–Trinajstić information content (AvgIpc) is 3.05. The first-order valence-corrected chi connectivity index (χ1v) is 9.74. The third kappa shape index (κ3) is 4.14. The van der Waals surface area contributed by atoms with Gasteiger partial charge in [-0.1, -0.05) is 18.2 Å². The molecule has 5 nitrogen and oxygen atoms in total. The Morgan fingerprint density at radius 1 is 1.03 bits per heavy atom. The Morgan fingerprint density at radius 3 is 2.72 bits per heavy atom. The number of amides is 1. The Hall–Kier alpha value is -3.60. The number of fused-ring (bicyclic) bond motifs is 1. The van der Waals surface area contributed by atoms with Crippen LogP contribution >= 0.6 is 0 Å². The van der Waals surface area contributed by atoms with Gasteiger partial charge in [0.2, 0.25) is 0 Å². The predicted octanol–water partition coefficient (Wildman–Crippen LogP) is 4.76. The number of carbonyl (C=O) groups excluding carboxylic acids is 1. The molecule has 0 saturated carbocycles. The molecule has 2 aromatic carbocycles. The van der Waals surface area contributed by atoms with Crippen LogP contribution in [0.1, 0.15) is 22.4 Å². The number of aryl methyl sites for hydroxylation is 2. The van der Waals surface area contributed by atoms with E-state index < -0.39 is 0 Å². The first-order chi connectivity index (χ1) is 14.1. The lowest BCUT2D eigenvalue weighted by Crippen LogP contribution is -2.07. The molecular formula is C24H24N4O. The second-order valence-corrected chi connectivity index (χ2v) is 7.18. The van der Waals surface area contributed by atoms with Crippen LogP contribution in [0.25, 0.3) is 5.57 Å². The van der Waals surface area contributed by atoms with Crippen molar-refractivity contribution in [1.29, 1.82) is 0 Å². The Bertz CT molecular complexity index is 1070. The molecule has 3 N–H and O–H groups in total. The van der Waals surface area contributed by atoms with Gasteiger partial charge in [-0.05, 0) is 61.4 Å². The minimum atomic E-state index is -0.0775. The molecule has 0 unspecified atom stereocenters. The van der Waals surface area contributed by atoms with Crippen LogP contribution in [0.2, 0.25) is 0 Å². The van der Waals surface area contributed by atoms with Crippen molar-refractivity contribution in [3.8, 4) is 0 Å². The molecule has 5 heteroatoms. The number of pyridine rings is 1. The van der Waals surface area contributed by atoms with Crippen LogP contribution in [0.3, 0.4) is 0 Å². The minimum absolute atomic E-state index is 0.0775. The van der Waals surface area contributed by atoms with Gasteiger partial charge < -0.3 is 16.0 Å². The third-order valence-corrected chi connectivity index (χ3v) is 5.07. The van der Waals surface area contributed by atoms with E-state index in [1.807, 2.05) is 55.6 Å². The van der Waals surface area contributed by atoms with Gasteiger partial charge in [0, 0.05) is 53.7 Å². The van der Waals surface area contributed by atoms with Crippen molar-refractivity contribution in [1.82, 2.24) is 4.98 Å². The van der Waals surface area contributed by atoms with E-state index in [1.165, 1.54) is 0 Å². The van der Waals surface area contributed by atoms with Gasteiger partial charge in [-0.25, -0.2) is 0 Å². The van der Waals surface area contributed by atoms with Crippen LogP contribution in [0.5, 0.6) is 0 Å². The SMILES string of the molecule is Cc1cc(NC=C2C(=O)Nc3cccc(C)c32)ccc1NCCc1ccccn1. The van der Waals surface area contributed by atoms with Gasteiger partial charge in [-0.2, -0.15) is 0 Å². The second kappa shape index (κ2) is 8.19. The highest BCUT2D eigenvalue weighted by Gasteiger charge is 2.25. The summed E-state index contributed by atoms with van der Waals surface area (Å²) in [7, 11) is 0. The number of benzene rings is 2. The number of nitrogens with zero attached hydrogens (tertiary/aromatic N) is 1. The van der Waals surface area contributed by atoms with E-state index in [0.29, 0.717) is 5.57 Å². The standard InChI is InChI=1S/C24H24N4O/c1-16-6-5-8-22-23(16)20(24(29)28-22)15-27-19-9-10-21(17(2)14-19)26-13-11-18-7-3-4-12-25-18/h3-10,12,14-15,26-27H,11,13H2,1-2H3,(H,28,29). The molecule has 0 aliphatic carbocycles. The molecule has 1 amide bonds. The summed E-state index contributed by atoms with van der Waals surface area (Å²) in [5.74, 6) is -0.0775. The molecule has 0 saturated heterocycles. The molecule has 1 aliphatic rings. The lowest BCUT2D eigenvalue weighted by molar-refractivity contribution is -0.110. The summed E-state index contributed by atoms with van der Waals surface area (Å²) in [5, 5.41) is 9.66. The summed E-state index contributed by atoms with van der Waals surface area (Å²) in [6, 6.07) is 18.0. The summed E-state index contributed by atoms with van der Waals surface area (Å²) in [6.45, 7) is 4.91. The molecule has 3 aromatic rings. The van der Waals surface area contributed by atoms with Crippen LogP contribution in [-0.4, -0.2) is 17.4 Å². The second-order valence-electron chi connectivity index (χ2n) is 7.18. The lowest BCUT2D eigenvalue weighted by Gasteiger charge is -2.11. The summed E-state index contributed by atoms with van der Waals surface area (Å²) in [6.07, 6.45) is 4.48. The molecule has 0 radical (unpaired) electrons. The quantitative estimate of drug-likeness (QED) is 0.536. The Labute approximate surface area is 170 Å². The highest BCUT2D eigenvalue weighted by molar-refractivity contribution is 6.32. The van der Waals surface area contributed by atoms with Gasteiger partial charge in [0.1, 0.15) is 0 Å². The molecule has 2 heterocycles. The van der Waals surface area contributed by atoms with Gasteiger partial charge in [-0.3, -0.25) is 9.78 Å². The number of nitrogens with one attached hydrogen (secondary N) is 3. The Kier molecular flexibility index (Phi) is 5.29. The van der Waals surface area contributed by atoms with Gasteiger partial charge in [0.15, 0.2) is 0 Å². The van der Waals surface area contributed by atoms with E-state index in [4.69, 9.17) is 0 Å². The number of rotatable bonds is 6. The summed E-state index contributed by atoms with van der Waals surface area (Å²) < 4.78 is 0. The smallest absolute Gasteiger partial charge is 0.257 e. The van der Waals surface area contributed by atoms with Crippen LogP contribution in [-0.2, 0) is 11.2 Å². The maximum atomic E-state index is 12.3. The molecule has 0 atom stereocenters. The van der Waals surface area contributed by atoms with Gasteiger partial charge in [0.25, 0.3) is 5.91 Å². The van der Waals surface area contributed by atoms with E-state index in [-0.39, 0.29) is 5.91 Å². The lowest BCUT2D eigenvalue weighted by atomic mass is 10.0. The zero-order chi connectivity index (χ0) is 20.2. The summed E-state index contributed by atoms with van der Waals surface area (Å²) in [5.41, 5.74) is 7.83. The topological polar surface area (TPSA) is 66.1 Å². The van der Waals surface area contributed by atoms with Crippen molar-refractivity contribution in [2.75, 3.05) is 22.5 Å².